The number of hydrogen-bond acceptors (Lipinski definition) is 7. The summed E-state index contributed by atoms with van der Waals surface area (Å²) in [6.07, 6.45) is 2.94. The molecule has 7 heteroatoms. The van der Waals surface area contributed by atoms with Crippen LogP contribution in [0.15, 0.2) is 30.3 Å². The molecule has 7 nitrogen and oxygen atoms in total. The summed E-state index contributed by atoms with van der Waals surface area (Å²) in [6, 6.07) is 9.17. The van der Waals surface area contributed by atoms with Gasteiger partial charge in [0.15, 0.2) is 11.5 Å². The second kappa shape index (κ2) is 8.73. The van der Waals surface area contributed by atoms with Crippen molar-refractivity contribution in [1.29, 1.82) is 0 Å². The molecule has 0 bridgehead atoms. The Kier molecular flexibility index (Phi) is 6.00. The van der Waals surface area contributed by atoms with Crippen molar-refractivity contribution < 1.29 is 33.3 Å². The summed E-state index contributed by atoms with van der Waals surface area (Å²) in [5, 5.41) is 0. The fourth-order valence-corrected chi connectivity index (χ4v) is 3.68. The molecule has 2 aromatic carbocycles. The molecule has 2 aromatic rings. The number of benzene rings is 2. The van der Waals surface area contributed by atoms with Gasteiger partial charge in [0.05, 0.1) is 25.2 Å². The smallest absolute Gasteiger partial charge is 0.338 e. The second-order valence-electron chi connectivity index (χ2n) is 8.76. The van der Waals surface area contributed by atoms with Crippen LogP contribution in [0.2, 0.25) is 0 Å². The highest BCUT2D eigenvalue weighted by atomic mass is 16.6. The van der Waals surface area contributed by atoms with Crippen LogP contribution in [-0.2, 0) is 20.9 Å². The summed E-state index contributed by atoms with van der Waals surface area (Å²) in [7, 11) is 3.10. The number of carbonyl (C=O) groups excluding carboxylic acids is 2. The number of ether oxygens (including phenoxy) is 5. The SMILES string of the molecule is COc1ccc(-c2ccc3c(c2)COC3=O)c(OCC(C)(C)C(=O)OC2CCC2)c1OC. The van der Waals surface area contributed by atoms with E-state index < -0.39 is 5.41 Å². The molecule has 1 heterocycles. The molecule has 0 radical (unpaired) electrons. The summed E-state index contributed by atoms with van der Waals surface area (Å²) in [5.74, 6) is 0.809. The van der Waals surface area contributed by atoms with Gasteiger partial charge in [0.1, 0.15) is 19.3 Å². The zero-order chi connectivity index (χ0) is 22.9. The molecule has 1 aliphatic heterocycles. The van der Waals surface area contributed by atoms with E-state index in [9.17, 15) is 9.59 Å². The minimum Gasteiger partial charge on any atom is -0.493 e. The molecule has 0 atom stereocenters. The van der Waals surface area contributed by atoms with Gasteiger partial charge in [-0.3, -0.25) is 4.79 Å². The maximum Gasteiger partial charge on any atom is 0.338 e. The largest absolute Gasteiger partial charge is 0.493 e. The Hall–Kier alpha value is -3.22. The fourth-order valence-electron chi connectivity index (χ4n) is 3.68. The third kappa shape index (κ3) is 4.11. The summed E-state index contributed by atoms with van der Waals surface area (Å²) < 4.78 is 28.0. The number of carbonyl (C=O) groups is 2. The second-order valence-corrected chi connectivity index (χ2v) is 8.76. The maximum absolute atomic E-state index is 12.7. The first-order valence-corrected chi connectivity index (χ1v) is 10.7. The molecule has 170 valence electrons. The lowest BCUT2D eigenvalue weighted by Gasteiger charge is -2.30. The molecule has 32 heavy (non-hydrogen) atoms. The molecular formula is C25H28O7. The van der Waals surface area contributed by atoms with Crippen LogP contribution in [0.1, 0.15) is 49.0 Å². The molecule has 0 spiro atoms. The van der Waals surface area contributed by atoms with Crippen molar-refractivity contribution in [2.45, 2.75) is 45.8 Å². The van der Waals surface area contributed by atoms with Gasteiger partial charge in [-0.15, -0.1) is 0 Å². The zero-order valence-corrected chi connectivity index (χ0v) is 18.9. The number of hydrogen-bond donors (Lipinski definition) is 0. The maximum atomic E-state index is 12.7. The molecule has 0 saturated heterocycles. The van der Waals surface area contributed by atoms with Gasteiger partial charge < -0.3 is 23.7 Å². The Morgan fingerprint density at radius 2 is 1.81 bits per heavy atom. The van der Waals surface area contributed by atoms with Crippen molar-refractivity contribution >= 4 is 11.9 Å². The minimum atomic E-state index is -0.848. The fraction of sp³-hybridized carbons (Fsp3) is 0.440. The van der Waals surface area contributed by atoms with Gasteiger partial charge in [-0.1, -0.05) is 6.07 Å². The van der Waals surface area contributed by atoms with Crippen molar-refractivity contribution in [2.24, 2.45) is 5.41 Å². The van der Waals surface area contributed by atoms with Crippen LogP contribution in [0.4, 0.5) is 0 Å². The van der Waals surface area contributed by atoms with Crippen LogP contribution in [0.3, 0.4) is 0 Å². The van der Waals surface area contributed by atoms with E-state index in [4.69, 9.17) is 23.7 Å². The van der Waals surface area contributed by atoms with Crippen LogP contribution in [0.25, 0.3) is 11.1 Å². The van der Waals surface area contributed by atoms with Gasteiger partial charge in [0.2, 0.25) is 5.75 Å². The first-order valence-electron chi connectivity index (χ1n) is 10.7. The topological polar surface area (TPSA) is 80.3 Å². The van der Waals surface area contributed by atoms with Crippen LogP contribution in [0.5, 0.6) is 17.2 Å². The van der Waals surface area contributed by atoms with Crippen LogP contribution in [0, 0.1) is 5.41 Å². The molecule has 0 amide bonds. The summed E-state index contributed by atoms with van der Waals surface area (Å²) >= 11 is 0. The Morgan fingerprint density at radius 1 is 1.06 bits per heavy atom. The van der Waals surface area contributed by atoms with Crippen molar-refractivity contribution in [2.75, 3.05) is 20.8 Å². The van der Waals surface area contributed by atoms with Crippen LogP contribution < -0.4 is 14.2 Å². The highest BCUT2D eigenvalue weighted by Crippen LogP contribution is 2.45. The van der Waals surface area contributed by atoms with Crippen molar-refractivity contribution in [3.63, 3.8) is 0 Å². The molecule has 2 aliphatic rings. The zero-order valence-electron chi connectivity index (χ0n) is 18.9. The highest BCUT2D eigenvalue weighted by molar-refractivity contribution is 5.94. The van der Waals surface area contributed by atoms with E-state index in [1.807, 2.05) is 18.2 Å². The average Bonchev–Trinajstić information content (AvgIpc) is 3.13. The van der Waals surface area contributed by atoms with E-state index in [2.05, 4.69) is 0 Å². The summed E-state index contributed by atoms with van der Waals surface area (Å²) in [5.41, 5.74) is 2.13. The van der Waals surface area contributed by atoms with Gasteiger partial charge in [-0.25, -0.2) is 4.79 Å². The third-order valence-electron chi connectivity index (χ3n) is 5.95. The number of methoxy groups -OCH3 is 2. The Labute approximate surface area is 187 Å². The molecule has 1 aliphatic carbocycles. The monoisotopic (exact) mass is 440 g/mol. The predicted octanol–water partition coefficient (Wildman–Crippen LogP) is 4.54. The minimum absolute atomic E-state index is 0.0139. The summed E-state index contributed by atoms with van der Waals surface area (Å²) in [6.45, 7) is 3.95. The lowest BCUT2D eigenvalue weighted by atomic mass is 9.92. The first-order chi connectivity index (χ1) is 15.3. The third-order valence-corrected chi connectivity index (χ3v) is 5.95. The quantitative estimate of drug-likeness (QED) is 0.558. The van der Waals surface area contributed by atoms with Gasteiger partial charge in [-0.05, 0) is 62.9 Å². The standard InChI is InChI=1S/C25H28O7/c1-25(2,24(27)32-17-6-5-7-17)14-31-21-18(10-11-20(28-3)22(21)29-4)15-8-9-19-16(12-15)13-30-23(19)26/h8-12,17H,5-7,13-14H2,1-4H3. The molecule has 0 unspecified atom stereocenters. The van der Waals surface area contributed by atoms with Gasteiger partial charge in [-0.2, -0.15) is 0 Å². The predicted molar refractivity (Wildman–Crippen MR) is 117 cm³/mol. The molecule has 0 N–H and O–H groups in total. The van der Waals surface area contributed by atoms with E-state index in [0.717, 1.165) is 36.0 Å². The van der Waals surface area contributed by atoms with Gasteiger partial charge in [0, 0.05) is 11.1 Å². The van der Waals surface area contributed by atoms with E-state index in [0.29, 0.717) is 22.8 Å². The van der Waals surface area contributed by atoms with E-state index in [1.54, 1.807) is 40.2 Å². The number of cyclic esters (lactones) is 1. The van der Waals surface area contributed by atoms with E-state index in [-0.39, 0.29) is 31.3 Å². The normalized spacial score (nSPS) is 15.4. The van der Waals surface area contributed by atoms with Gasteiger partial charge >= 0.3 is 11.9 Å². The van der Waals surface area contributed by atoms with Crippen LogP contribution >= 0.6 is 0 Å². The molecule has 1 saturated carbocycles. The number of esters is 2. The summed E-state index contributed by atoms with van der Waals surface area (Å²) in [4.78, 5) is 24.5. The lowest BCUT2D eigenvalue weighted by Crippen LogP contribution is -2.37. The first kappa shape index (κ1) is 22.0. The van der Waals surface area contributed by atoms with Crippen molar-refractivity contribution in [1.82, 2.24) is 0 Å². The van der Waals surface area contributed by atoms with E-state index in [1.165, 1.54) is 0 Å². The Morgan fingerprint density at radius 3 is 2.47 bits per heavy atom. The molecule has 4 rings (SSSR count). The lowest BCUT2D eigenvalue weighted by molar-refractivity contribution is -0.165. The Balaban J connectivity index is 1.65. The highest BCUT2D eigenvalue weighted by Gasteiger charge is 2.35. The molecular weight excluding hydrogens is 412 g/mol. The van der Waals surface area contributed by atoms with Gasteiger partial charge in [0.25, 0.3) is 0 Å². The van der Waals surface area contributed by atoms with Crippen molar-refractivity contribution in [3.8, 4) is 28.4 Å². The number of fused-ring (bicyclic) bond motifs is 1. The van der Waals surface area contributed by atoms with Crippen molar-refractivity contribution in [3.05, 3.63) is 41.5 Å². The molecule has 0 aromatic heterocycles. The van der Waals surface area contributed by atoms with Crippen LogP contribution in [-0.4, -0.2) is 38.9 Å². The Bertz CT molecular complexity index is 1040. The number of rotatable bonds is 8. The van der Waals surface area contributed by atoms with E-state index >= 15 is 0 Å². The molecule has 1 fully saturated rings. The average molecular weight is 440 g/mol.